The van der Waals surface area contributed by atoms with Gasteiger partial charge >= 0.3 is 6.09 Å². The van der Waals surface area contributed by atoms with E-state index in [2.05, 4.69) is 22.1 Å². The number of aromatic nitrogens is 2. The van der Waals surface area contributed by atoms with Crippen LogP contribution in [0.5, 0.6) is 0 Å². The van der Waals surface area contributed by atoms with E-state index < -0.39 is 35.3 Å². The minimum atomic E-state index is -1.35. The molecule has 0 spiro atoms. The molecular formula is C23H32FN3O5. The average Bonchev–Trinajstić information content (AvgIpc) is 3.33. The maximum Gasteiger partial charge on any atom is 0.407 e. The zero-order chi connectivity index (χ0) is 23.5. The Morgan fingerprint density at radius 1 is 1.28 bits per heavy atom. The normalized spacial score (nSPS) is 24.9. The molecule has 1 heterocycles. The van der Waals surface area contributed by atoms with Crippen molar-refractivity contribution >= 4 is 23.4 Å². The lowest BCUT2D eigenvalue weighted by atomic mass is 9.60. The molecule has 32 heavy (non-hydrogen) atoms. The summed E-state index contributed by atoms with van der Waals surface area (Å²) < 4.78 is 20.1. The number of carbonyl (C=O) groups is 4. The lowest BCUT2D eigenvalue weighted by Gasteiger charge is -2.42. The van der Waals surface area contributed by atoms with Gasteiger partial charge in [-0.2, -0.15) is 5.10 Å². The van der Waals surface area contributed by atoms with Crippen LogP contribution in [0.3, 0.4) is 0 Å². The number of ketones is 3. The van der Waals surface area contributed by atoms with Gasteiger partial charge in [0.1, 0.15) is 6.17 Å². The standard InChI is InChI=1S/C23H32FN3O5/c1-22(7-4-5-8-22)13-17(25-21(31)32-3)19(29)14-23(11-15(24)12-23)20(30)18(28)10-16-6-9-27(2)26-16/h6,9,15,17H,4-5,7-8,10-14H2,1-3H3,(H,25,31)/t15?,17-,23?/m0/s1. The third kappa shape index (κ3) is 5.42. The van der Waals surface area contributed by atoms with Crippen LogP contribution in [-0.4, -0.2) is 52.5 Å². The maximum atomic E-state index is 13.9. The molecule has 0 aliphatic heterocycles. The molecule has 1 aromatic rings. The van der Waals surface area contributed by atoms with Crippen LogP contribution in [0.1, 0.15) is 64.0 Å². The number of aryl methyl sites for hydroxylation is 1. The molecule has 3 rings (SSSR count). The van der Waals surface area contributed by atoms with Crippen LogP contribution in [0.25, 0.3) is 0 Å². The fraction of sp³-hybridized carbons (Fsp3) is 0.696. The van der Waals surface area contributed by atoms with Crippen molar-refractivity contribution < 1.29 is 28.3 Å². The number of nitrogens with zero attached hydrogens (tertiary/aromatic N) is 2. The predicted octanol–water partition coefficient (Wildman–Crippen LogP) is 2.87. The van der Waals surface area contributed by atoms with Gasteiger partial charge in [-0.05, 0) is 43.6 Å². The second-order valence-corrected chi connectivity index (χ2v) is 9.75. The quantitative estimate of drug-likeness (QED) is 0.551. The van der Waals surface area contributed by atoms with Crippen LogP contribution < -0.4 is 5.32 Å². The number of carbonyl (C=O) groups excluding carboxylic acids is 4. The van der Waals surface area contributed by atoms with E-state index in [0.717, 1.165) is 25.7 Å². The average molecular weight is 450 g/mol. The van der Waals surface area contributed by atoms with E-state index in [9.17, 15) is 23.6 Å². The number of Topliss-reactive ketones (excluding diaryl/α,β-unsaturated/α-hetero) is 3. The molecule has 1 aromatic heterocycles. The number of halogens is 1. The third-order valence-corrected chi connectivity index (χ3v) is 6.96. The van der Waals surface area contributed by atoms with Gasteiger partial charge in [0.2, 0.25) is 11.6 Å². The van der Waals surface area contributed by atoms with Gasteiger partial charge in [-0.15, -0.1) is 0 Å². The van der Waals surface area contributed by atoms with Crippen molar-refractivity contribution in [3.05, 3.63) is 18.0 Å². The molecule has 2 aliphatic rings. The molecular weight excluding hydrogens is 417 g/mol. The highest BCUT2D eigenvalue weighted by atomic mass is 19.1. The van der Waals surface area contributed by atoms with Crippen molar-refractivity contribution in [1.29, 1.82) is 0 Å². The maximum absolute atomic E-state index is 13.9. The van der Waals surface area contributed by atoms with E-state index in [0.29, 0.717) is 12.1 Å². The number of alkyl halides is 1. The summed E-state index contributed by atoms with van der Waals surface area (Å²) in [4.78, 5) is 50.8. The van der Waals surface area contributed by atoms with E-state index in [1.807, 2.05) is 0 Å². The van der Waals surface area contributed by atoms with Crippen LogP contribution in [0, 0.1) is 10.8 Å². The summed E-state index contributed by atoms with van der Waals surface area (Å²) in [6.45, 7) is 2.08. The molecule has 0 aromatic carbocycles. The van der Waals surface area contributed by atoms with Gasteiger partial charge in [0.25, 0.3) is 0 Å². The van der Waals surface area contributed by atoms with Crippen LogP contribution in [0.2, 0.25) is 0 Å². The molecule has 0 radical (unpaired) electrons. The fourth-order valence-corrected chi connectivity index (χ4v) is 5.12. The van der Waals surface area contributed by atoms with Crippen LogP contribution in [0.15, 0.2) is 12.3 Å². The summed E-state index contributed by atoms with van der Waals surface area (Å²) >= 11 is 0. The Morgan fingerprint density at radius 2 is 1.94 bits per heavy atom. The molecule has 1 atom stereocenters. The summed E-state index contributed by atoms with van der Waals surface area (Å²) in [5.41, 5.74) is -1.01. The van der Waals surface area contributed by atoms with Crippen LogP contribution in [0.4, 0.5) is 9.18 Å². The van der Waals surface area contributed by atoms with Crippen molar-refractivity contribution in [1.82, 2.24) is 15.1 Å². The zero-order valence-corrected chi connectivity index (χ0v) is 19.0. The van der Waals surface area contributed by atoms with Gasteiger partial charge in [-0.25, -0.2) is 9.18 Å². The molecule has 2 saturated carbocycles. The number of methoxy groups -OCH3 is 1. The topological polar surface area (TPSA) is 107 Å². The Morgan fingerprint density at radius 3 is 2.47 bits per heavy atom. The molecule has 0 bridgehead atoms. The third-order valence-electron chi connectivity index (χ3n) is 6.96. The summed E-state index contributed by atoms with van der Waals surface area (Å²) in [6, 6.07) is 0.792. The summed E-state index contributed by atoms with van der Waals surface area (Å²) in [5.74, 6) is -1.77. The largest absolute Gasteiger partial charge is 0.453 e. The number of alkyl carbamates (subject to hydrolysis) is 1. The van der Waals surface area contributed by atoms with Gasteiger partial charge in [0, 0.05) is 25.1 Å². The Bertz CT molecular complexity index is 884. The van der Waals surface area contributed by atoms with Crippen molar-refractivity contribution in [3.8, 4) is 0 Å². The Kier molecular flexibility index (Phi) is 7.15. The van der Waals surface area contributed by atoms with Crippen LogP contribution >= 0.6 is 0 Å². The first kappa shape index (κ1) is 24.1. The second kappa shape index (κ2) is 9.50. The zero-order valence-electron chi connectivity index (χ0n) is 19.0. The van der Waals surface area contributed by atoms with Gasteiger partial charge in [-0.3, -0.25) is 19.1 Å². The van der Waals surface area contributed by atoms with Gasteiger partial charge in [-0.1, -0.05) is 19.8 Å². The summed E-state index contributed by atoms with van der Waals surface area (Å²) in [5, 5.41) is 6.71. The molecule has 0 unspecified atom stereocenters. The van der Waals surface area contributed by atoms with Gasteiger partial charge < -0.3 is 10.1 Å². The minimum absolute atomic E-state index is 0.102. The molecule has 8 nitrogen and oxygen atoms in total. The molecule has 176 valence electrons. The number of rotatable bonds is 10. The molecule has 2 aliphatic carbocycles. The van der Waals surface area contributed by atoms with Gasteiger partial charge in [0.05, 0.1) is 25.3 Å². The number of nitrogens with one attached hydrogen (secondary N) is 1. The molecule has 1 amide bonds. The van der Waals surface area contributed by atoms with E-state index in [4.69, 9.17) is 0 Å². The summed E-state index contributed by atoms with van der Waals surface area (Å²) in [6.07, 6.45) is 3.36. The van der Waals surface area contributed by atoms with Crippen molar-refractivity contribution in [2.24, 2.45) is 17.9 Å². The number of hydrogen-bond donors (Lipinski definition) is 1. The number of hydrogen-bond acceptors (Lipinski definition) is 6. The van der Waals surface area contributed by atoms with Crippen molar-refractivity contribution in [2.45, 2.75) is 76.9 Å². The molecule has 9 heteroatoms. The van der Waals surface area contributed by atoms with E-state index >= 15 is 0 Å². The van der Waals surface area contributed by atoms with E-state index in [1.54, 1.807) is 19.3 Å². The molecule has 2 fully saturated rings. The Balaban J connectivity index is 1.73. The number of ether oxygens (including phenoxy) is 1. The highest BCUT2D eigenvalue weighted by molar-refractivity contribution is 6.40. The second-order valence-electron chi connectivity index (χ2n) is 9.75. The minimum Gasteiger partial charge on any atom is -0.453 e. The highest BCUT2D eigenvalue weighted by Crippen LogP contribution is 2.48. The molecule has 0 saturated heterocycles. The smallest absolute Gasteiger partial charge is 0.407 e. The Labute approximate surface area is 187 Å². The Hall–Kier alpha value is -2.58. The first-order valence-corrected chi connectivity index (χ1v) is 11.1. The van der Waals surface area contributed by atoms with E-state index in [1.165, 1.54) is 11.8 Å². The first-order chi connectivity index (χ1) is 15.1. The van der Waals surface area contributed by atoms with Crippen LogP contribution in [-0.2, 0) is 32.6 Å². The predicted molar refractivity (Wildman–Crippen MR) is 114 cm³/mol. The van der Waals surface area contributed by atoms with E-state index in [-0.39, 0.29) is 36.9 Å². The monoisotopic (exact) mass is 449 g/mol. The lowest BCUT2D eigenvalue weighted by Crippen LogP contribution is -2.53. The summed E-state index contributed by atoms with van der Waals surface area (Å²) in [7, 11) is 2.92. The molecule has 1 N–H and O–H groups in total. The SMILES string of the molecule is COC(=O)N[C@@H](CC1(C)CCCC1)C(=O)CC1(C(=O)C(=O)Cc2ccn(C)n2)CC(F)C1. The first-order valence-electron chi connectivity index (χ1n) is 11.1. The van der Waals surface area contributed by atoms with Gasteiger partial charge in [0.15, 0.2) is 5.78 Å². The number of amides is 1. The van der Waals surface area contributed by atoms with Crippen molar-refractivity contribution in [2.75, 3.05) is 7.11 Å². The highest BCUT2D eigenvalue weighted by Gasteiger charge is 2.54. The lowest BCUT2D eigenvalue weighted by molar-refractivity contribution is -0.151. The van der Waals surface area contributed by atoms with Crippen molar-refractivity contribution in [3.63, 3.8) is 0 Å². The fourth-order valence-electron chi connectivity index (χ4n) is 5.12.